The summed E-state index contributed by atoms with van der Waals surface area (Å²) in [4.78, 5) is 11.2. The van der Waals surface area contributed by atoms with Crippen LogP contribution in [0, 0.1) is 0 Å². The smallest absolute Gasteiger partial charge is 0.239 e. The van der Waals surface area contributed by atoms with Crippen molar-refractivity contribution in [2.24, 2.45) is 5.73 Å². The van der Waals surface area contributed by atoms with E-state index < -0.39 is 5.54 Å². The minimum absolute atomic E-state index is 0.340. The van der Waals surface area contributed by atoms with Crippen molar-refractivity contribution in [1.29, 1.82) is 0 Å². The second-order valence-corrected chi connectivity index (χ2v) is 3.75. The molecule has 13 heavy (non-hydrogen) atoms. The summed E-state index contributed by atoms with van der Waals surface area (Å²) in [6.07, 6.45) is 2.27. The molecule has 0 bridgehead atoms. The van der Waals surface area contributed by atoms with Crippen LogP contribution >= 0.6 is 0 Å². The lowest BCUT2D eigenvalue weighted by atomic mass is 10.0. The molecular weight excluding hydrogens is 168 g/mol. The molecule has 0 spiro atoms. The molecule has 4 heteroatoms. The molecule has 0 saturated heterocycles. The molecule has 0 radical (unpaired) electrons. The molecule has 1 saturated carbocycles. The number of amides is 1. The highest BCUT2D eigenvalue weighted by molar-refractivity contribution is 5.84. The molecule has 1 atom stereocenters. The average Bonchev–Trinajstić information content (AvgIpc) is 2.84. The summed E-state index contributed by atoms with van der Waals surface area (Å²) < 4.78 is 5.23. The molecule has 1 rings (SSSR count). The summed E-state index contributed by atoms with van der Waals surface area (Å²) in [7, 11) is 0. The van der Waals surface area contributed by atoms with E-state index in [1.165, 1.54) is 0 Å². The van der Waals surface area contributed by atoms with Crippen LogP contribution in [0.5, 0.6) is 0 Å². The average molecular weight is 186 g/mol. The van der Waals surface area contributed by atoms with Gasteiger partial charge in [-0.25, -0.2) is 0 Å². The molecule has 0 heterocycles. The lowest BCUT2D eigenvalue weighted by molar-refractivity contribution is -0.126. The third-order valence-electron chi connectivity index (χ3n) is 2.24. The van der Waals surface area contributed by atoms with Gasteiger partial charge in [-0.1, -0.05) is 0 Å². The van der Waals surface area contributed by atoms with Crippen molar-refractivity contribution in [1.82, 2.24) is 5.32 Å². The molecule has 0 aromatic rings. The van der Waals surface area contributed by atoms with Crippen LogP contribution in [0.2, 0.25) is 0 Å². The molecular formula is C9H18N2O2. The van der Waals surface area contributed by atoms with Gasteiger partial charge in [-0.05, 0) is 26.7 Å². The van der Waals surface area contributed by atoms with Crippen LogP contribution in [0.1, 0.15) is 26.7 Å². The van der Waals surface area contributed by atoms with Crippen molar-refractivity contribution < 1.29 is 9.53 Å². The van der Waals surface area contributed by atoms with E-state index in [0.717, 1.165) is 12.8 Å². The third kappa shape index (κ3) is 2.97. The maximum atomic E-state index is 11.2. The topological polar surface area (TPSA) is 64.3 Å². The first-order valence-corrected chi connectivity index (χ1v) is 4.74. The van der Waals surface area contributed by atoms with E-state index in [-0.39, 0.29) is 5.91 Å². The summed E-state index contributed by atoms with van der Waals surface area (Å²) in [5, 5.41) is 3.20. The molecule has 4 nitrogen and oxygen atoms in total. The highest BCUT2D eigenvalue weighted by Gasteiger charge is 2.37. The molecule has 1 amide bonds. The summed E-state index contributed by atoms with van der Waals surface area (Å²) in [6.45, 7) is 4.66. The van der Waals surface area contributed by atoms with Crippen LogP contribution in [-0.2, 0) is 9.53 Å². The Labute approximate surface area is 78.8 Å². The first-order chi connectivity index (χ1) is 6.08. The van der Waals surface area contributed by atoms with Gasteiger partial charge in [-0.15, -0.1) is 0 Å². The summed E-state index contributed by atoms with van der Waals surface area (Å²) in [5.41, 5.74) is 4.61. The Hall–Kier alpha value is -0.610. The predicted octanol–water partition coefficient (Wildman–Crippen LogP) is 0.0189. The summed E-state index contributed by atoms with van der Waals surface area (Å²) in [6, 6.07) is 0.456. The fourth-order valence-electron chi connectivity index (χ4n) is 1.17. The number of nitrogens with one attached hydrogen (secondary N) is 1. The lowest BCUT2D eigenvalue weighted by Crippen LogP contribution is -2.57. The summed E-state index contributed by atoms with van der Waals surface area (Å²) in [5.74, 6) is -0.340. The van der Waals surface area contributed by atoms with Gasteiger partial charge in [0.15, 0.2) is 0 Å². The van der Waals surface area contributed by atoms with Gasteiger partial charge in [0.25, 0.3) is 0 Å². The Morgan fingerprint density at radius 2 is 2.31 bits per heavy atom. The highest BCUT2D eigenvalue weighted by atomic mass is 16.5. The van der Waals surface area contributed by atoms with Gasteiger partial charge in [-0.3, -0.25) is 10.1 Å². The molecule has 0 aromatic heterocycles. The van der Waals surface area contributed by atoms with E-state index in [9.17, 15) is 4.79 Å². The first-order valence-electron chi connectivity index (χ1n) is 4.74. The van der Waals surface area contributed by atoms with Crippen molar-refractivity contribution in [2.45, 2.75) is 38.3 Å². The van der Waals surface area contributed by atoms with Crippen LogP contribution in [0.3, 0.4) is 0 Å². The van der Waals surface area contributed by atoms with E-state index in [1.807, 2.05) is 6.92 Å². The Morgan fingerprint density at radius 3 is 2.69 bits per heavy atom. The Balaban J connectivity index is 2.45. The van der Waals surface area contributed by atoms with Gasteiger partial charge in [0, 0.05) is 12.6 Å². The molecule has 1 unspecified atom stereocenters. The van der Waals surface area contributed by atoms with Crippen molar-refractivity contribution in [3.05, 3.63) is 0 Å². The minimum atomic E-state index is -0.697. The fraction of sp³-hybridized carbons (Fsp3) is 0.889. The van der Waals surface area contributed by atoms with Gasteiger partial charge < -0.3 is 10.5 Å². The molecule has 1 aliphatic rings. The second-order valence-electron chi connectivity index (χ2n) is 3.75. The minimum Gasteiger partial charge on any atom is -0.379 e. The zero-order valence-electron chi connectivity index (χ0n) is 8.30. The molecule has 1 aliphatic carbocycles. The van der Waals surface area contributed by atoms with Crippen LogP contribution in [0.4, 0.5) is 0 Å². The van der Waals surface area contributed by atoms with Gasteiger partial charge >= 0.3 is 0 Å². The fourth-order valence-corrected chi connectivity index (χ4v) is 1.17. The SMILES string of the molecule is CCOCC(C)(NC1CC1)C(N)=O. The Kier molecular flexibility index (Phi) is 3.27. The number of nitrogens with two attached hydrogens (primary N) is 1. The normalized spacial score (nSPS) is 21.1. The van der Waals surface area contributed by atoms with E-state index >= 15 is 0 Å². The predicted molar refractivity (Wildman–Crippen MR) is 50.3 cm³/mol. The van der Waals surface area contributed by atoms with E-state index in [2.05, 4.69) is 5.32 Å². The maximum absolute atomic E-state index is 11.2. The number of hydrogen-bond acceptors (Lipinski definition) is 3. The molecule has 0 aliphatic heterocycles. The standard InChI is InChI=1S/C9H18N2O2/c1-3-13-6-9(2,8(10)12)11-7-4-5-7/h7,11H,3-6H2,1-2H3,(H2,10,12). The Bertz CT molecular complexity index is 192. The second kappa shape index (κ2) is 4.07. The summed E-state index contributed by atoms with van der Waals surface area (Å²) >= 11 is 0. The number of hydrogen-bond donors (Lipinski definition) is 2. The van der Waals surface area contributed by atoms with E-state index in [4.69, 9.17) is 10.5 Å². The van der Waals surface area contributed by atoms with Crippen LogP contribution < -0.4 is 11.1 Å². The van der Waals surface area contributed by atoms with Crippen LogP contribution in [0.25, 0.3) is 0 Å². The van der Waals surface area contributed by atoms with Gasteiger partial charge in [-0.2, -0.15) is 0 Å². The number of primary amides is 1. The van der Waals surface area contributed by atoms with E-state index in [1.54, 1.807) is 6.92 Å². The van der Waals surface area contributed by atoms with Crippen LogP contribution in [0.15, 0.2) is 0 Å². The molecule has 1 fully saturated rings. The number of carbonyl (C=O) groups is 1. The highest BCUT2D eigenvalue weighted by Crippen LogP contribution is 2.22. The lowest BCUT2D eigenvalue weighted by Gasteiger charge is -2.27. The first kappa shape index (κ1) is 10.5. The van der Waals surface area contributed by atoms with Gasteiger partial charge in [0.05, 0.1) is 6.61 Å². The van der Waals surface area contributed by atoms with Crippen molar-refractivity contribution in [3.8, 4) is 0 Å². The largest absolute Gasteiger partial charge is 0.379 e. The van der Waals surface area contributed by atoms with Gasteiger partial charge in [0.1, 0.15) is 5.54 Å². The number of carbonyl (C=O) groups excluding carboxylic acids is 1. The quantitative estimate of drug-likeness (QED) is 0.614. The zero-order valence-corrected chi connectivity index (χ0v) is 8.30. The zero-order chi connectivity index (χ0) is 9.90. The monoisotopic (exact) mass is 186 g/mol. The Morgan fingerprint density at radius 1 is 1.69 bits per heavy atom. The van der Waals surface area contributed by atoms with Crippen molar-refractivity contribution in [2.75, 3.05) is 13.2 Å². The van der Waals surface area contributed by atoms with Crippen molar-refractivity contribution in [3.63, 3.8) is 0 Å². The van der Waals surface area contributed by atoms with Crippen LogP contribution in [-0.4, -0.2) is 30.7 Å². The number of ether oxygens (including phenoxy) is 1. The third-order valence-corrected chi connectivity index (χ3v) is 2.24. The molecule has 76 valence electrons. The molecule has 3 N–H and O–H groups in total. The van der Waals surface area contributed by atoms with Crippen molar-refractivity contribution >= 4 is 5.91 Å². The number of rotatable bonds is 6. The van der Waals surface area contributed by atoms with Gasteiger partial charge in [0.2, 0.25) is 5.91 Å². The molecule has 0 aromatic carbocycles. The van der Waals surface area contributed by atoms with E-state index in [0.29, 0.717) is 19.3 Å². The maximum Gasteiger partial charge on any atom is 0.239 e.